The Bertz CT molecular complexity index is 2000. The highest BCUT2D eigenvalue weighted by molar-refractivity contribution is 5.83. The zero-order valence-electron chi connectivity index (χ0n) is 30.3. The minimum atomic E-state index is -2.30. The van der Waals surface area contributed by atoms with Gasteiger partial charge in [0.15, 0.2) is 0 Å². The number of esters is 1. The third-order valence-corrected chi connectivity index (χ3v) is 9.00. The van der Waals surface area contributed by atoms with Crippen LogP contribution in [-0.2, 0) is 38.0 Å². The van der Waals surface area contributed by atoms with Crippen LogP contribution in [-0.4, -0.2) is 79.2 Å². The van der Waals surface area contributed by atoms with E-state index in [1.165, 1.54) is 0 Å². The molecule has 4 aromatic carbocycles. The lowest BCUT2D eigenvalue weighted by Gasteiger charge is -2.27. The molecular weight excluding hydrogens is 712 g/mol. The van der Waals surface area contributed by atoms with E-state index in [-0.39, 0.29) is 25.0 Å². The van der Waals surface area contributed by atoms with Gasteiger partial charge in [0.25, 0.3) is 6.29 Å². The second-order valence-electron chi connectivity index (χ2n) is 13.9. The van der Waals surface area contributed by atoms with E-state index in [1.807, 2.05) is 102 Å². The first kappa shape index (κ1) is 38.3. The second-order valence-corrected chi connectivity index (χ2v) is 13.9. The summed E-state index contributed by atoms with van der Waals surface area (Å²) in [6.45, 7) is 3.62. The van der Waals surface area contributed by atoms with E-state index < -0.39 is 60.9 Å². The normalized spacial score (nSPS) is 14.5. The minimum absolute atomic E-state index is 0.0563. The molecule has 0 spiro atoms. The summed E-state index contributed by atoms with van der Waals surface area (Å²) in [6.07, 6.45) is -6.03. The van der Waals surface area contributed by atoms with Crippen LogP contribution in [0.3, 0.4) is 0 Å². The molecular formula is C41H40N2O12. The van der Waals surface area contributed by atoms with E-state index in [1.54, 1.807) is 20.8 Å². The van der Waals surface area contributed by atoms with Gasteiger partial charge in [-0.2, -0.15) is 0 Å². The molecule has 0 saturated heterocycles. The quantitative estimate of drug-likeness (QED) is 0.0854. The van der Waals surface area contributed by atoms with Crippen molar-refractivity contribution < 1.29 is 57.5 Å². The number of nitrogens with one attached hydrogen (secondary N) is 1. The molecule has 0 fully saturated rings. The lowest BCUT2D eigenvalue weighted by Crippen LogP contribution is -2.54. The van der Waals surface area contributed by atoms with E-state index in [9.17, 15) is 29.1 Å². The van der Waals surface area contributed by atoms with Gasteiger partial charge in [-0.3, -0.25) is 4.79 Å². The SMILES string of the molecule is CC(C)(C)OC(=O)NC(C(=O)O)C(OC(=O)OCC1c2ccccc2-c2ccccc21)OC(=O)[C@@H](N)COC(=O)OCC1c2ccccc2-c2ccccc21. The Morgan fingerprint density at radius 1 is 0.655 bits per heavy atom. The van der Waals surface area contributed by atoms with Crippen molar-refractivity contribution in [2.75, 3.05) is 19.8 Å². The summed E-state index contributed by atoms with van der Waals surface area (Å²) in [7, 11) is 0. The molecule has 0 aliphatic heterocycles. The first-order chi connectivity index (χ1) is 26.3. The van der Waals surface area contributed by atoms with Crippen LogP contribution < -0.4 is 11.1 Å². The summed E-state index contributed by atoms with van der Waals surface area (Å²) in [5, 5.41) is 12.1. The van der Waals surface area contributed by atoms with Crippen LogP contribution in [0.1, 0.15) is 54.9 Å². The number of ether oxygens (including phenoxy) is 6. The Kier molecular flexibility index (Phi) is 11.4. The number of fused-ring (bicyclic) bond motifs is 6. The fourth-order valence-corrected chi connectivity index (χ4v) is 6.62. The van der Waals surface area contributed by atoms with Crippen LogP contribution in [0.2, 0.25) is 0 Å². The molecule has 0 aromatic heterocycles. The first-order valence-corrected chi connectivity index (χ1v) is 17.5. The average molecular weight is 753 g/mol. The van der Waals surface area contributed by atoms with E-state index in [2.05, 4.69) is 0 Å². The summed E-state index contributed by atoms with van der Waals surface area (Å²) >= 11 is 0. The molecule has 6 rings (SSSR count). The van der Waals surface area contributed by atoms with Crippen molar-refractivity contribution in [1.29, 1.82) is 0 Å². The van der Waals surface area contributed by atoms with Gasteiger partial charge in [0.05, 0.1) is 0 Å². The number of alkyl carbamates (subject to hydrolysis) is 1. The van der Waals surface area contributed by atoms with Crippen LogP contribution in [0.15, 0.2) is 97.1 Å². The Hall–Kier alpha value is -6.41. The molecule has 0 heterocycles. The summed E-state index contributed by atoms with van der Waals surface area (Å²) < 4.78 is 31.4. The molecule has 2 aliphatic carbocycles. The van der Waals surface area contributed by atoms with E-state index in [0.717, 1.165) is 44.5 Å². The molecule has 2 unspecified atom stereocenters. The zero-order valence-corrected chi connectivity index (χ0v) is 30.3. The maximum atomic E-state index is 13.1. The molecule has 55 heavy (non-hydrogen) atoms. The van der Waals surface area contributed by atoms with Gasteiger partial charge in [0.2, 0.25) is 6.04 Å². The van der Waals surface area contributed by atoms with Crippen molar-refractivity contribution in [3.63, 3.8) is 0 Å². The maximum absolute atomic E-state index is 13.1. The van der Waals surface area contributed by atoms with Crippen LogP contribution in [0, 0.1) is 0 Å². The van der Waals surface area contributed by atoms with Gasteiger partial charge in [-0.1, -0.05) is 97.1 Å². The van der Waals surface area contributed by atoms with Crippen molar-refractivity contribution in [3.05, 3.63) is 119 Å². The van der Waals surface area contributed by atoms with Crippen molar-refractivity contribution in [3.8, 4) is 22.3 Å². The van der Waals surface area contributed by atoms with Gasteiger partial charge in [-0.15, -0.1) is 0 Å². The predicted molar refractivity (Wildman–Crippen MR) is 196 cm³/mol. The predicted octanol–water partition coefficient (Wildman–Crippen LogP) is 6.09. The largest absolute Gasteiger partial charge is 0.511 e. The molecule has 3 atom stereocenters. The maximum Gasteiger partial charge on any atom is 0.511 e. The molecule has 0 bridgehead atoms. The van der Waals surface area contributed by atoms with Crippen LogP contribution in [0.25, 0.3) is 22.3 Å². The zero-order chi connectivity index (χ0) is 39.3. The van der Waals surface area contributed by atoms with Crippen LogP contribution in [0.5, 0.6) is 0 Å². The number of carbonyl (C=O) groups is 5. The number of aliphatic carboxylic acids is 1. The Morgan fingerprint density at radius 2 is 1.07 bits per heavy atom. The molecule has 0 radical (unpaired) electrons. The average Bonchev–Trinajstić information content (AvgIpc) is 3.65. The van der Waals surface area contributed by atoms with E-state index >= 15 is 0 Å². The van der Waals surface area contributed by atoms with Crippen molar-refractivity contribution in [2.45, 2.75) is 56.6 Å². The monoisotopic (exact) mass is 752 g/mol. The molecule has 1 amide bonds. The Balaban J connectivity index is 1.09. The third kappa shape index (κ3) is 8.87. The summed E-state index contributed by atoms with van der Waals surface area (Å²) in [4.78, 5) is 63.8. The molecule has 14 nitrogen and oxygen atoms in total. The fraction of sp³-hybridized carbons (Fsp3) is 0.293. The van der Waals surface area contributed by atoms with Gasteiger partial charge in [-0.05, 0) is 65.3 Å². The van der Waals surface area contributed by atoms with E-state index in [0.29, 0.717) is 0 Å². The van der Waals surface area contributed by atoms with Gasteiger partial charge in [0, 0.05) is 11.8 Å². The number of rotatable bonds is 12. The molecule has 4 N–H and O–H groups in total. The first-order valence-electron chi connectivity index (χ1n) is 17.5. The molecule has 14 heteroatoms. The number of benzene rings is 4. The lowest BCUT2D eigenvalue weighted by atomic mass is 9.98. The highest BCUT2D eigenvalue weighted by atomic mass is 16.8. The Labute approximate surface area is 316 Å². The van der Waals surface area contributed by atoms with Crippen LogP contribution >= 0.6 is 0 Å². The topological polar surface area (TPSA) is 199 Å². The highest BCUT2D eigenvalue weighted by Gasteiger charge is 2.40. The molecule has 4 aromatic rings. The van der Waals surface area contributed by atoms with Crippen molar-refractivity contribution in [1.82, 2.24) is 5.32 Å². The third-order valence-electron chi connectivity index (χ3n) is 9.00. The summed E-state index contributed by atoms with van der Waals surface area (Å²) in [5.74, 6) is -3.71. The summed E-state index contributed by atoms with van der Waals surface area (Å²) in [6, 6.07) is 26.8. The Morgan fingerprint density at radius 3 is 1.49 bits per heavy atom. The molecule has 2 aliphatic rings. The number of hydrogen-bond acceptors (Lipinski definition) is 12. The van der Waals surface area contributed by atoms with Crippen molar-refractivity contribution in [2.24, 2.45) is 5.73 Å². The van der Waals surface area contributed by atoms with Gasteiger partial charge in [0.1, 0.15) is 31.5 Å². The number of carboxylic acid groups (broad SMARTS) is 1. The lowest BCUT2D eigenvalue weighted by molar-refractivity contribution is -0.183. The number of carboxylic acids is 1. The van der Waals surface area contributed by atoms with E-state index in [4.69, 9.17) is 34.2 Å². The summed E-state index contributed by atoms with van der Waals surface area (Å²) in [5.41, 5.74) is 12.7. The minimum Gasteiger partial charge on any atom is -0.480 e. The molecule has 0 saturated carbocycles. The number of amides is 1. The molecule has 286 valence electrons. The van der Waals surface area contributed by atoms with Crippen LogP contribution in [0.4, 0.5) is 14.4 Å². The van der Waals surface area contributed by atoms with Gasteiger partial charge >= 0.3 is 30.3 Å². The standard InChI is InChI=1S/C41H40N2O12/c1-41(2,3)55-38(47)43-34(35(44)45)37(54-40(49)51-21-32-29-18-10-6-14-25(29)26-15-7-11-19-30(26)32)53-36(46)33(42)22-52-39(48)50-20-31-27-16-8-4-12-23(27)24-13-5-9-17-28(24)31/h4-19,31-34,37H,20-22,42H2,1-3H3,(H,43,47)(H,44,45)/t33-,34?,37?/m0/s1. The van der Waals surface area contributed by atoms with Gasteiger partial charge < -0.3 is 44.6 Å². The highest BCUT2D eigenvalue weighted by Crippen LogP contribution is 2.45. The number of hydrogen-bond donors (Lipinski definition) is 3. The number of nitrogens with two attached hydrogens (primary N) is 1. The van der Waals surface area contributed by atoms with Crippen molar-refractivity contribution >= 4 is 30.3 Å². The smallest absolute Gasteiger partial charge is 0.480 e. The number of carbonyl (C=O) groups excluding carboxylic acids is 4. The fourth-order valence-electron chi connectivity index (χ4n) is 6.62. The second kappa shape index (κ2) is 16.3. The van der Waals surface area contributed by atoms with Gasteiger partial charge in [-0.25, -0.2) is 19.2 Å².